The molecule has 0 bridgehead atoms. The van der Waals surface area contributed by atoms with Gasteiger partial charge in [0.05, 0.1) is 33.6 Å². The quantitative estimate of drug-likeness (QED) is 0.184. The van der Waals surface area contributed by atoms with Crippen molar-refractivity contribution in [3.63, 3.8) is 0 Å². The van der Waals surface area contributed by atoms with Gasteiger partial charge in [-0.1, -0.05) is 133 Å². The third kappa shape index (κ3) is 4.78. The van der Waals surface area contributed by atoms with Crippen molar-refractivity contribution in [1.29, 1.82) is 0 Å². The molecule has 0 atom stereocenters. The van der Waals surface area contributed by atoms with Crippen LogP contribution in [0.4, 0.5) is 17.1 Å². The summed E-state index contributed by atoms with van der Waals surface area (Å²) in [5, 5.41) is 5.82. The largest absolute Gasteiger partial charge is 0.308 e. The maximum Gasteiger partial charge on any atom is 0.235 e. The number of benzene rings is 8. The molecule has 0 unspecified atom stereocenters. The van der Waals surface area contributed by atoms with E-state index < -0.39 is 0 Å². The summed E-state index contributed by atoms with van der Waals surface area (Å²) in [6, 6.07) is 64.9. The average molecular weight is 695 g/mol. The van der Waals surface area contributed by atoms with E-state index in [1.54, 1.807) is 0 Å². The zero-order valence-corrected chi connectivity index (χ0v) is 29.3. The normalized spacial score (nSPS) is 12.4. The summed E-state index contributed by atoms with van der Waals surface area (Å²) in [5.41, 5.74) is 10.9. The van der Waals surface area contributed by atoms with E-state index in [-0.39, 0.29) is 0 Å². The number of fused-ring (bicyclic) bond motifs is 8. The second-order valence-corrected chi connectivity index (χ2v) is 14.5. The monoisotopic (exact) mass is 694 g/mol. The van der Waals surface area contributed by atoms with Gasteiger partial charge in [0.25, 0.3) is 0 Å². The summed E-state index contributed by atoms with van der Waals surface area (Å²) >= 11 is 1.83. The van der Waals surface area contributed by atoms with Gasteiger partial charge < -0.3 is 4.90 Å². The van der Waals surface area contributed by atoms with Gasteiger partial charge in [0.1, 0.15) is 0 Å². The fraction of sp³-hybridized carbons (Fsp3) is 0. The summed E-state index contributed by atoms with van der Waals surface area (Å²) in [6.07, 6.45) is 0. The zero-order valence-electron chi connectivity index (χ0n) is 28.5. The van der Waals surface area contributed by atoms with Crippen LogP contribution in [-0.4, -0.2) is 14.5 Å². The summed E-state index contributed by atoms with van der Waals surface area (Å²) in [5.74, 6) is 0.661. The molecule has 3 heterocycles. The molecule has 11 rings (SSSR count). The molecule has 53 heavy (non-hydrogen) atoms. The van der Waals surface area contributed by atoms with E-state index in [2.05, 4.69) is 179 Å². The molecule has 8 aromatic carbocycles. The van der Waals surface area contributed by atoms with Gasteiger partial charge in [-0.3, -0.25) is 4.57 Å². The van der Waals surface area contributed by atoms with Crippen molar-refractivity contribution in [3.8, 4) is 28.3 Å². The molecule has 4 nitrogen and oxygen atoms in total. The molecule has 0 aliphatic carbocycles. The number of aromatic nitrogens is 3. The predicted octanol–water partition coefficient (Wildman–Crippen LogP) is 13.1. The highest BCUT2D eigenvalue weighted by molar-refractivity contribution is 7.99. The lowest BCUT2D eigenvalue weighted by atomic mass is 9.99. The lowest BCUT2D eigenvalue weighted by Gasteiger charge is -2.33. The number of anilines is 3. The molecule has 2 aromatic heterocycles. The van der Waals surface area contributed by atoms with Gasteiger partial charge >= 0.3 is 0 Å². The fourth-order valence-electron chi connectivity index (χ4n) is 7.96. The maximum absolute atomic E-state index is 5.32. The number of hydrogen-bond acceptors (Lipinski definition) is 4. The molecule has 0 saturated heterocycles. The van der Waals surface area contributed by atoms with Gasteiger partial charge in [-0.05, 0) is 82.6 Å². The molecule has 5 heteroatoms. The van der Waals surface area contributed by atoms with E-state index in [1.165, 1.54) is 48.3 Å². The highest BCUT2D eigenvalue weighted by Gasteiger charge is 2.26. The third-order valence-electron chi connectivity index (χ3n) is 10.4. The SMILES string of the molecule is c1ccc(-c2nc(-n3c4ccc(-c5ccc6c(c5)N(c5ccccc5)c5ccccc5S6)cc4c4c5ccccc5ccc43)nc3ccccc23)cc1. The van der Waals surface area contributed by atoms with Crippen LogP contribution in [0.15, 0.2) is 192 Å². The Bertz CT molecular complexity index is 3040. The van der Waals surface area contributed by atoms with E-state index in [0.717, 1.165) is 44.4 Å². The molecule has 0 N–H and O–H groups in total. The Hall–Kier alpha value is -6.69. The second kappa shape index (κ2) is 11.9. The Kier molecular flexibility index (Phi) is 6.76. The van der Waals surface area contributed by atoms with Crippen molar-refractivity contribution in [2.24, 2.45) is 0 Å². The number of rotatable bonds is 4. The Morgan fingerprint density at radius 2 is 1.11 bits per heavy atom. The predicted molar refractivity (Wildman–Crippen MR) is 221 cm³/mol. The van der Waals surface area contributed by atoms with Crippen molar-refractivity contribution >= 4 is 72.3 Å². The Morgan fingerprint density at radius 3 is 2.00 bits per heavy atom. The zero-order chi connectivity index (χ0) is 34.9. The molecular formula is C48H30N4S. The molecule has 1 aliphatic heterocycles. The first-order valence-electron chi connectivity index (χ1n) is 17.8. The number of hydrogen-bond donors (Lipinski definition) is 0. The summed E-state index contributed by atoms with van der Waals surface area (Å²) in [7, 11) is 0. The molecule has 0 fully saturated rings. The molecule has 248 valence electrons. The fourth-order valence-corrected chi connectivity index (χ4v) is 8.99. The summed E-state index contributed by atoms with van der Waals surface area (Å²) in [6.45, 7) is 0. The smallest absolute Gasteiger partial charge is 0.235 e. The molecule has 0 spiro atoms. The van der Waals surface area contributed by atoms with Crippen molar-refractivity contribution in [2.45, 2.75) is 9.79 Å². The van der Waals surface area contributed by atoms with Crippen molar-refractivity contribution in [3.05, 3.63) is 182 Å². The van der Waals surface area contributed by atoms with Crippen LogP contribution in [0.3, 0.4) is 0 Å². The first kappa shape index (κ1) is 30.0. The van der Waals surface area contributed by atoms with Crippen LogP contribution in [0, 0.1) is 0 Å². The van der Waals surface area contributed by atoms with Gasteiger partial charge in [-0.25, -0.2) is 9.97 Å². The number of para-hydroxylation sites is 3. The van der Waals surface area contributed by atoms with E-state index in [4.69, 9.17) is 9.97 Å². The minimum absolute atomic E-state index is 0.661. The second-order valence-electron chi connectivity index (χ2n) is 13.4. The lowest BCUT2D eigenvalue weighted by molar-refractivity contribution is 1.01. The molecule has 0 saturated carbocycles. The number of nitrogens with zero attached hydrogens (tertiary/aromatic N) is 4. The van der Waals surface area contributed by atoms with Crippen LogP contribution >= 0.6 is 11.8 Å². The van der Waals surface area contributed by atoms with Crippen LogP contribution < -0.4 is 4.90 Å². The lowest BCUT2D eigenvalue weighted by Crippen LogP contribution is -2.14. The Morgan fingerprint density at radius 1 is 0.434 bits per heavy atom. The minimum Gasteiger partial charge on any atom is -0.308 e. The third-order valence-corrected chi connectivity index (χ3v) is 11.5. The molecule has 1 aliphatic rings. The van der Waals surface area contributed by atoms with Crippen LogP contribution in [-0.2, 0) is 0 Å². The molecular weight excluding hydrogens is 665 g/mol. The van der Waals surface area contributed by atoms with E-state index in [9.17, 15) is 0 Å². The topological polar surface area (TPSA) is 34.0 Å². The average Bonchev–Trinajstić information content (AvgIpc) is 3.57. The Labute approximate surface area is 310 Å². The van der Waals surface area contributed by atoms with Gasteiger partial charge in [0, 0.05) is 37.2 Å². The Balaban J connectivity index is 1.15. The van der Waals surface area contributed by atoms with Gasteiger partial charge in [-0.15, -0.1) is 0 Å². The van der Waals surface area contributed by atoms with Crippen LogP contribution in [0.2, 0.25) is 0 Å². The summed E-state index contributed by atoms with van der Waals surface area (Å²) < 4.78 is 2.25. The standard InChI is InChI=1S/C48H30N4S/c1-3-14-32(15-4-1)47-37-19-9-10-20-39(37)49-48(50-47)52-40-26-24-33(29-38(40)46-36-18-8-7-13-31(36)23-27-42(46)52)34-25-28-45-43(30-34)51(35-16-5-2-6-17-35)41-21-11-12-22-44(41)53-45/h1-30H. The van der Waals surface area contributed by atoms with Gasteiger partial charge in [0.2, 0.25) is 5.95 Å². The minimum atomic E-state index is 0.661. The van der Waals surface area contributed by atoms with Crippen LogP contribution in [0.5, 0.6) is 0 Å². The van der Waals surface area contributed by atoms with Gasteiger partial charge in [-0.2, -0.15) is 0 Å². The van der Waals surface area contributed by atoms with Crippen LogP contribution in [0.1, 0.15) is 0 Å². The molecule has 10 aromatic rings. The van der Waals surface area contributed by atoms with Crippen molar-refractivity contribution in [2.75, 3.05) is 4.90 Å². The highest BCUT2D eigenvalue weighted by Crippen LogP contribution is 2.52. The first-order valence-corrected chi connectivity index (χ1v) is 18.7. The molecule has 0 radical (unpaired) electrons. The summed E-state index contributed by atoms with van der Waals surface area (Å²) in [4.78, 5) is 15.4. The molecule has 0 amide bonds. The van der Waals surface area contributed by atoms with Crippen molar-refractivity contribution in [1.82, 2.24) is 14.5 Å². The van der Waals surface area contributed by atoms with E-state index in [0.29, 0.717) is 5.95 Å². The van der Waals surface area contributed by atoms with E-state index in [1.807, 2.05) is 23.9 Å². The maximum atomic E-state index is 5.32. The van der Waals surface area contributed by atoms with E-state index >= 15 is 0 Å². The van der Waals surface area contributed by atoms with Gasteiger partial charge in [0.15, 0.2) is 0 Å². The highest BCUT2D eigenvalue weighted by atomic mass is 32.2. The van der Waals surface area contributed by atoms with Crippen molar-refractivity contribution < 1.29 is 0 Å². The first-order chi connectivity index (χ1) is 26.3. The van der Waals surface area contributed by atoms with Crippen LogP contribution in [0.25, 0.3) is 71.8 Å².